The largest absolute Gasteiger partial charge is 0.276 e. The van der Waals surface area contributed by atoms with Crippen molar-refractivity contribution >= 4 is 60.5 Å². The van der Waals surface area contributed by atoms with E-state index in [1.165, 1.54) is 12.1 Å². The molecule has 0 spiro atoms. The van der Waals surface area contributed by atoms with Crippen molar-refractivity contribution in [3.63, 3.8) is 0 Å². The molecule has 2 aromatic carbocycles. The first kappa shape index (κ1) is 17.2. The van der Waals surface area contributed by atoms with Crippen molar-refractivity contribution < 1.29 is 8.42 Å². The van der Waals surface area contributed by atoms with Gasteiger partial charge in [-0.2, -0.15) is 0 Å². The molecule has 0 saturated heterocycles. The molecule has 0 fully saturated rings. The number of fused-ring (bicyclic) bond motifs is 1. The van der Waals surface area contributed by atoms with Crippen molar-refractivity contribution in [1.82, 2.24) is 0 Å². The monoisotopic (exact) mass is 396 g/mol. The predicted molar refractivity (Wildman–Crippen MR) is 101 cm³/mol. The van der Waals surface area contributed by atoms with Gasteiger partial charge in [-0.25, -0.2) is 8.42 Å². The first-order valence-electron chi connectivity index (χ1n) is 6.77. The Morgan fingerprint density at radius 3 is 2.29 bits per heavy atom. The van der Waals surface area contributed by atoms with E-state index in [1.54, 1.807) is 42.5 Å². The topological polar surface area (TPSA) is 51.2 Å². The van der Waals surface area contributed by atoms with E-state index in [9.17, 15) is 13.2 Å². The van der Waals surface area contributed by atoms with Gasteiger partial charge in [0.25, 0.3) is 4.74 Å². The fourth-order valence-corrected chi connectivity index (χ4v) is 4.61. The minimum atomic E-state index is -3.86. The van der Waals surface area contributed by atoms with Gasteiger partial charge < -0.3 is 0 Å². The molecule has 122 valence electrons. The first-order chi connectivity index (χ1) is 11.3. The fraction of sp³-hybridized carbons (Fsp3) is 0. The van der Waals surface area contributed by atoms with Gasteiger partial charge in [0, 0.05) is 20.2 Å². The Bertz CT molecular complexity index is 1100. The van der Waals surface area contributed by atoms with Crippen LogP contribution in [0.25, 0.3) is 16.2 Å². The normalized spacial score (nSPS) is 12.1. The molecule has 0 aliphatic rings. The summed E-state index contributed by atoms with van der Waals surface area (Å²) in [5.41, 5.74) is 0.669. The molecule has 0 N–H and O–H groups in total. The lowest BCUT2D eigenvalue weighted by molar-refractivity contribution is 0.604. The number of hydrogen-bond acceptors (Lipinski definition) is 4. The first-order valence-corrected chi connectivity index (χ1v) is 9.89. The molecule has 3 nitrogen and oxygen atoms in total. The van der Waals surface area contributed by atoms with E-state index in [2.05, 4.69) is 0 Å². The van der Waals surface area contributed by atoms with E-state index in [-0.39, 0.29) is 4.90 Å². The molecule has 0 aliphatic carbocycles. The third-order valence-corrected chi connectivity index (χ3v) is 6.30. The molecule has 0 aliphatic heterocycles. The Morgan fingerprint density at radius 1 is 0.917 bits per heavy atom. The number of halogens is 2. The zero-order valence-electron chi connectivity index (χ0n) is 12.1. The zero-order valence-corrected chi connectivity index (χ0v) is 15.2. The minimum absolute atomic E-state index is 0.257. The van der Waals surface area contributed by atoms with E-state index in [0.29, 0.717) is 25.7 Å². The van der Waals surface area contributed by atoms with Crippen molar-refractivity contribution in [3.8, 4) is 0 Å². The average molecular weight is 397 g/mol. The second-order valence-electron chi connectivity index (χ2n) is 4.98. The fourth-order valence-electron chi connectivity index (χ4n) is 2.09. The molecule has 0 radical (unpaired) electrons. The van der Waals surface area contributed by atoms with Crippen LogP contribution in [0.5, 0.6) is 0 Å². The maximum atomic E-state index is 12.5. The number of rotatable bonds is 3. The minimum Gasteiger partial charge on any atom is -0.276 e. The standard InChI is InChI=1S/C17H10Cl2O3S2/c18-13-3-1-11(2-4-13)7-8-24(21,22)16-10-12-9-14(19)5-6-15(12)23-17(16)20/h1-10H/b8-7+. The van der Waals surface area contributed by atoms with Crippen molar-refractivity contribution in [2.45, 2.75) is 4.90 Å². The van der Waals surface area contributed by atoms with Gasteiger partial charge in [-0.15, -0.1) is 0 Å². The summed E-state index contributed by atoms with van der Waals surface area (Å²) in [5.74, 6) is 0. The van der Waals surface area contributed by atoms with E-state index in [0.717, 1.165) is 16.7 Å². The second kappa shape index (κ2) is 6.69. The molecule has 1 aromatic heterocycles. The highest BCUT2D eigenvalue weighted by atomic mass is 35.5. The van der Waals surface area contributed by atoms with Crippen molar-refractivity contribution in [3.05, 3.63) is 79.1 Å². The Kier molecular flexibility index (Phi) is 4.78. The van der Waals surface area contributed by atoms with Gasteiger partial charge >= 0.3 is 0 Å². The predicted octanol–water partition coefficient (Wildman–Crippen LogP) is 5.01. The quantitative estimate of drug-likeness (QED) is 0.624. The summed E-state index contributed by atoms with van der Waals surface area (Å²) in [6, 6.07) is 13.1. The number of sulfone groups is 1. The lowest BCUT2D eigenvalue weighted by Gasteiger charge is -2.02. The van der Waals surface area contributed by atoms with Crippen LogP contribution >= 0.6 is 34.5 Å². The molecule has 7 heteroatoms. The lowest BCUT2D eigenvalue weighted by Crippen LogP contribution is -2.09. The molecular weight excluding hydrogens is 387 g/mol. The van der Waals surface area contributed by atoms with Crippen LogP contribution < -0.4 is 4.74 Å². The van der Waals surface area contributed by atoms with Crippen molar-refractivity contribution in [1.29, 1.82) is 0 Å². The number of hydrogen-bond donors (Lipinski definition) is 0. The molecule has 3 aromatic rings. The van der Waals surface area contributed by atoms with Crippen LogP contribution in [0.2, 0.25) is 10.0 Å². The smallest absolute Gasteiger partial charge is 0.251 e. The third kappa shape index (κ3) is 3.70. The average Bonchev–Trinajstić information content (AvgIpc) is 2.54. The van der Waals surface area contributed by atoms with E-state index >= 15 is 0 Å². The molecule has 3 rings (SSSR count). The third-order valence-electron chi connectivity index (χ3n) is 3.28. The highest BCUT2D eigenvalue weighted by Crippen LogP contribution is 2.24. The summed E-state index contributed by atoms with van der Waals surface area (Å²) >= 11 is 12.6. The van der Waals surface area contributed by atoms with Gasteiger partial charge in [0.15, 0.2) is 0 Å². The maximum Gasteiger partial charge on any atom is 0.251 e. The molecule has 0 bridgehead atoms. The van der Waals surface area contributed by atoms with Gasteiger partial charge in [-0.1, -0.05) is 46.7 Å². The maximum absolute atomic E-state index is 12.5. The van der Waals surface area contributed by atoms with Crippen LogP contribution in [-0.4, -0.2) is 8.42 Å². The summed E-state index contributed by atoms with van der Waals surface area (Å²) in [4.78, 5) is 11.9. The summed E-state index contributed by atoms with van der Waals surface area (Å²) < 4.78 is 25.1. The summed E-state index contributed by atoms with van der Waals surface area (Å²) in [6.07, 6.45) is 1.43. The molecule has 1 heterocycles. The summed E-state index contributed by atoms with van der Waals surface area (Å²) in [5, 5.41) is 2.68. The molecule has 0 atom stereocenters. The van der Waals surface area contributed by atoms with E-state index in [4.69, 9.17) is 23.2 Å². The Balaban J connectivity index is 2.06. The van der Waals surface area contributed by atoms with Gasteiger partial charge in [0.05, 0.1) is 0 Å². The summed E-state index contributed by atoms with van der Waals surface area (Å²) in [7, 11) is -3.86. The highest BCUT2D eigenvalue weighted by Gasteiger charge is 2.16. The van der Waals surface area contributed by atoms with Crippen LogP contribution in [0, 0.1) is 0 Å². The van der Waals surface area contributed by atoms with E-state index < -0.39 is 14.6 Å². The molecular formula is C17H10Cl2O3S2. The molecule has 24 heavy (non-hydrogen) atoms. The number of benzene rings is 2. The van der Waals surface area contributed by atoms with E-state index in [1.807, 2.05) is 0 Å². The SMILES string of the molecule is O=c1sc2ccc(Cl)cc2cc1S(=O)(=O)/C=C/c1ccc(Cl)cc1. The van der Waals surface area contributed by atoms with Gasteiger partial charge in [-0.05, 0) is 53.4 Å². The van der Waals surface area contributed by atoms with Crippen LogP contribution in [0.15, 0.2) is 63.6 Å². The van der Waals surface area contributed by atoms with Crippen molar-refractivity contribution in [2.75, 3.05) is 0 Å². The molecule has 0 unspecified atom stereocenters. The van der Waals surface area contributed by atoms with Crippen molar-refractivity contribution in [2.24, 2.45) is 0 Å². The summed E-state index contributed by atoms with van der Waals surface area (Å²) in [6.45, 7) is 0. The van der Waals surface area contributed by atoms with Gasteiger partial charge in [0.2, 0.25) is 9.84 Å². The van der Waals surface area contributed by atoms with Crippen LogP contribution in [0.4, 0.5) is 0 Å². The highest BCUT2D eigenvalue weighted by molar-refractivity contribution is 7.94. The van der Waals surface area contributed by atoms with Crippen LogP contribution in [-0.2, 0) is 9.84 Å². The lowest BCUT2D eigenvalue weighted by atomic mass is 10.2. The van der Waals surface area contributed by atoms with Crippen LogP contribution in [0.3, 0.4) is 0 Å². The second-order valence-corrected chi connectivity index (χ2v) is 8.67. The Hall–Kier alpha value is -1.66. The Labute approximate surface area is 152 Å². The van der Waals surface area contributed by atoms with Gasteiger partial charge in [-0.3, -0.25) is 4.79 Å². The zero-order chi connectivity index (χ0) is 17.3. The van der Waals surface area contributed by atoms with Gasteiger partial charge in [0.1, 0.15) is 4.90 Å². The Morgan fingerprint density at radius 2 is 1.58 bits per heavy atom. The molecule has 0 saturated carbocycles. The van der Waals surface area contributed by atoms with Crippen LogP contribution in [0.1, 0.15) is 5.56 Å². The molecule has 0 amide bonds.